The van der Waals surface area contributed by atoms with Crippen LogP contribution in [-0.4, -0.2) is 74.4 Å². The number of anilines is 2. The highest BCUT2D eigenvalue weighted by Crippen LogP contribution is 2.46. The van der Waals surface area contributed by atoms with Crippen molar-refractivity contribution in [3.8, 4) is 11.1 Å². The van der Waals surface area contributed by atoms with Crippen LogP contribution >= 0.6 is 0 Å². The number of hydrogen-bond acceptors (Lipinski definition) is 8. The Hall–Kier alpha value is -4.13. The zero-order valence-corrected chi connectivity index (χ0v) is 22.7. The van der Waals surface area contributed by atoms with Gasteiger partial charge in [-0.25, -0.2) is 18.7 Å². The molecule has 2 fully saturated rings. The van der Waals surface area contributed by atoms with Crippen LogP contribution in [0.5, 0.6) is 0 Å². The van der Waals surface area contributed by atoms with Gasteiger partial charge >= 0.3 is 0 Å². The summed E-state index contributed by atoms with van der Waals surface area (Å²) < 4.78 is 32.1. The van der Waals surface area contributed by atoms with Crippen LogP contribution in [0.25, 0.3) is 44.1 Å². The molecule has 5 aromatic rings. The molecule has 4 aromatic heterocycles. The summed E-state index contributed by atoms with van der Waals surface area (Å²) in [6, 6.07) is 2.94. The van der Waals surface area contributed by atoms with Gasteiger partial charge in [-0.15, -0.1) is 0 Å². The van der Waals surface area contributed by atoms with Gasteiger partial charge in [-0.3, -0.25) is 4.79 Å². The first-order valence-corrected chi connectivity index (χ1v) is 13.5. The average molecular weight is 562 g/mol. The molecule has 0 bridgehead atoms. The summed E-state index contributed by atoms with van der Waals surface area (Å²) in [6.45, 7) is 2.50. The quantitative estimate of drug-likeness (QED) is 0.247. The van der Waals surface area contributed by atoms with Crippen LogP contribution < -0.4 is 15.6 Å². The predicted molar refractivity (Wildman–Crippen MR) is 153 cm³/mol. The lowest BCUT2D eigenvalue weighted by atomic mass is 9.99. The molecule has 7 rings (SSSR count). The van der Waals surface area contributed by atoms with E-state index in [0.29, 0.717) is 50.6 Å². The minimum Gasteiger partial charge on any atom is -0.386 e. The number of fused-ring (bicyclic) bond motifs is 5. The molecule has 6 heterocycles. The van der Waals surface area contributed by atoms with E-state index in [1.807, 2.05) is 0 Å². The molecule has 0 spiro atoms. The molecule has 2 saturated heterocycles. The van der Waals surface area contributed by atoms with E-state index in [-0.39, 0.29) is 22.4 Å². The van der Waals surface area contributed by atoms with Gasteiger partial charge in [-0.1, -0.05) is 0 Å². The van der Waals surface area contributed by atoms with Crippen LogP contribution in [0.2, 0.25) is 0 Å². The van der Waals surface area contributed by atoms with Gasteiger partial charge in [0.05, 0.1) is 38.6 Å². The Labute approximate surface area is 232 Å². The van der Waals surface area contributed by atoms with Crippen molar-refractivity contribution in [2.24, 2.45) is 13.0 Å². The highest BCUT2D eigenvalue weighted by molar-refractivity contribution is 6.18. The molecule has 41 heavy (non-hydrogen) atoms. The summed E-state index contributed by atoms with van der Waals surface area (Å²) >= 11 is 0. The summed E-state index contributed by atoms with van der Waals surface area (Å²) in [6.07, 6.45) is 3.66. The molecule has 212 valence electrons. The van der Waals surface area contributed by atoms with Gasteiger partial charge in [0.25, 0.3) is 0 Å². The minimum atomic E-state index is -1.94. The summed E-state index contributed by atoms with van der Waals surface area (Å²) in [5.41, 5.74) is 2.78. The minimum absolute atomic E-state index is 0.110. The first-order chi connectivity index (χ1) is 19.7. The second kappa shape index (κ2) is 9.20. The summed E-state index contributed by atoms with van der Waals surface area (Å²) in [4.78, 5) is 30.1. The van der Waals surface area contributed by atoms with Gasteiger partial charge < -0.3 is 34.9 Å². The molecule has 0 saturated carbocycles. The number of likely N-dealkylation sites (tertiary alicyclic amines) is 1. The first-order valence-electron chi connectivity index (χ1n) is 13.5. The number of aliphatic hydroxyl groups excluding tert-OH is 1. The molecular weight excluding hydrogens is 532 g/mol. The lowest BCUT2D eigenvalue weighted by Crippen LogP contribution is -2.35. The predicted octanol–water partition coefficient (Wildman–Crippen LogP) is 3.07. The van der Waals surface area contributed by atoms with Crippen molar-refractivity contribution >= 4 is 44.3 Å². The third-order valence-corrected chi connectivity index (χ3v) is 8.68. The van der Waals surface area contributed by atoms with Gasteiger partial charge in [0.2, 0.25) is 0 Å². The lowest BCUT2D eigenvalue weighted by molar-refractivity contribution is -0.0435. The third kappa shape index (κ3) is 3.74. The Morgan fingerprint density at radius 1 is 1.12 bits per heavy atom. The zero-order chi connectivity index (χ0) is 28.7. The molecule has 4 N–H and O–H groups in total. The monoisotopic (exact) mass is 561 g/mol. The number of nitrogens with one attached hydrogen (secondary N) is 2. The Kier molecular flexibility index (Phi) is 5.79. The van der Waals surface area contributed by atoms with Crippen LogP contribution in [0.15, 0.2) is 35.5 Å². The van der Waals surface area contributed by atoms with Crippen LogP contribution in [-0.2, 0) is 7.05 Å². The van der Waals surface area contributed by atoms with E-state index in [1.54, 1.807) is 37.1 Å². The van der Waals surface area contributed by atoms with Crippen molar-refractivity contribution in [1.29, 1.82) is 0 Å². The van der Waals surface area contributed by atoms with Crippen molar-refractivity contribution < 1.29 is 19.0 Å². The lowest BCUT2D eigenvalue weighted by Gasteiger charge is -2.29. The summed E-state index contributed by atoms with van der Waals surface area (Å²) in [5, 5.41) is 23.3. The molecule has 0 unspecified atom stereocenters. The standard InChI is InChI=1S/C29H29F2N7O3/c1-32-19-7-18(30)23(31)21-22-25(38-5-4-13-10-36(2)12-20(13)38)16(9-33-27(22)35-24(19)21)14-6-15-26(39)17(29(40)41)11-37(3)28(15)34-8-14/h6-9,11,13,20,29,32,40-41H,4-5,10,12H2,1-3H3,(H,33,35)/t13-,20+/m0/s1. The maximum Gasteiger partial charge on any atom is 0.199 e. The molecule has 10 nitrogen and oxygen atoms in total. The van der Waals surface area contributed by atoms with Crippen molar-refractivity contribution in [3.63, 3.8) is 0 Å². The molecule has 0 radical (unpaired) electrons. The van der Waals surface area contributed by atoms with Crippen LogP contribution in [0.4, 0.5) is 20.2 Å². The number of pyridine rings is 3. The maximum atomic E-state index is 15.7. The van der Waals surface area contributed by atoms with Crippen LogP contribution in [0, 0.1) is 17.6 Å². The number of aromatic nitrogens is 4. The maximum absolute atomic E-state index is 15.7. The number of rotatable bonds is 4. The fraction of sp³-hybridized carbons (Fsp3) is 0.345. The fourth-order valence-electron chi connectivity index (χ4n) is 6.82. The number of nitrogens with zero attached hydrogens (tertiary/aromatic N) is 5. The van der Waals surface area contributed by atoms with E-state index in [9.17, 15) is 19.4 Å². The molecule has 0 aliphatic carbocycles. The van der Waals surface area contributed by atoms with Gasteiger partial charge in [-0.05, 0) is 25.5 Å². The number of hydrogen-bond donors (Lipinski definition) is 4. The zero-order valence-electron chi connectivity index (χ0n) is 22.7. The second-order valence-corrected chi connectivity index (χ2v) is 11.1. The van der Waals surface area contributed by atoms with Gasteiger partial charge in [0.15, 0.2) is 23.4 Å². The van der Waals surface area contributed by atoms with Gasteiger partial charge in [-0.2, -0.15) is 0 Å². The van der Waals surface area contributed by atoms with E-state index < -0.39 is 23.4 Å². The Morgan fingerprint density at radius 2 is 1.93 bits per heavy atom. The van der Waals surface area contributed by atoms with E-state index in [4.69, 9.17) is 0 Å². The number of H-pyrrole nitrogens is 1. The van der Waals surface area contributed by atoms with E-state index in [0.717, 1.165) is 32.1 Å². The van der Waals surface area contributed by atoms with Crippen molar-refractivity contribution in [1.82, 2.24) is 24.4 Å². The number of aryl methyl sites for hydroxylation is 1. The van der Waals surface area contributed by atoms with E-state index in [2.05, 4.69) is 37.1 Å². The smallest absolute Gasteiger partial charge is 0.199 e. The molecule has 2 aliphatic rings. The molecule has 2 atom stereocenters. The molecule has 0 amide bonds. The summed E-state index contributed by atoms with van der Waals surface area (Å²) in [7, 11) is 5.40. The summed E-state index contributed by atoms with van der Waals surface area (Å²) in [5.74, 6) is -1.51. The largest absolute Gasteiger partial charge is 0.386 e. The van der Waals surface area contributed by atoms with Gasteiger partial charge in [0.1, 0.15) is 11.3 Å². The van der Waals surface area contributed by atoms with E-state index >= 15 is 4.39 Å². The highest BCUT2D eigenvalue weighted by Gasteiger charge is 2.42. The van der Waals surface area contributed by atoms with Crippen molar-refractivity contribution in [2.75, 3.05) is 43.9 Å². The fourth-order valence-corrected chi connectivity index (χ4v) is 6.82. The molecular formula is C29H29F2N7O3. The van der Waals surface area contributed by atoms with Crippen LogP contribution in [0.1, 0.15) is 18.3 Å². The van der Waals surface area contributed by atoms with Gasteiger partial charge in [0, 0.05) is 75.6 Å². The number of benzene rings is 1. The highest BCUT2D eigenvalue weighted by atomic mass is 19.2. The topological polar surface area (TPSA) is 123 Å². The first kappa shape index (κ1) is 25.8. The number of likely N-dealkylation sites (N-methyl/N-ethyl adjacent to an activating group) is 1. The molecule has 12 heteroatoms. The van der Waals surface area contributed by atoms with E-state index in [1.165, 1.54) is 6.20 Å². The van der Waals surface area contributed by atoms with Crippen LogP contribution in [0.3, 0.4) is 0 Å². The van der Waals surface area contributed by atoms with Crippen molar-refractivity contribution in [2.45, 2.75) is 18.8 Å². The number of aliphatic hydroxyl groups is 2. The second-order valence-electron chi connectivity index (χ2n) is 11.1. The Balaban J connectivity index is 1.57. The Morgan fingerprint density at radius 3 is 2.68 bits per heavy atom. The Bertz CT molecular complexity index is 1940. The molecule has 2 aliphatic heterocycles. The number of aromatic amines is 1. The normalized spacial score (nSPS) is 19.4. The van der Waals surface area contributed by atoms with Crippen molar-refractivity contribution in [3.05, 3.63) is 58.1 Å². The number of halogens is 2. The third-order valence-electron chi connectivity index (χ3n) is 8.68. The average Bonchev–Trinajstić information content (AvgIpc) is 3.64. The molecule has 1 aromatic carbocycles. The SMILES string of the molecule is CNc1cc(F)c(F)c2c1[nH]c1ncc(-c3cnc4c(c3)c(=O)c(C(O)O)cn4C)c(N3CC[C@H]4CN(C)C[C@H]43)c12.